The molecule has 0 heterocycles. The first-order chi connectivity index (χ1) is 13.9. The lowest BCUT2D eigenvalue weighted by Gasteiger charge is -2.31. The minimum atomic E-state index is 0.629. The zero-order valence-electron chi connectivity index (χ0n) is 17.2. The van der Waals surface area contributed by atoms with Gasteiger partial charge in [0.1, 0.15) is 0 Å². The predicted octanol–water partition coefficient (Wildman–Crippen LogP) is 8.26. The van der Waals surface area contributed by atoms with E-state index in [-0.39, 0.29) is 0 Å². The second-order valence-electron chi connectivity index (χ2n) is 9.26. The highest BCUT2D eigenvalue weighted by molar-refractivity contribution is 7.94. The molecule has 0 atom stereocenters. The van der Waals surface area contributed by atoms with Crippen LogP contribution in [-0.2, 0) is 9.37 Å². The van der Waals surface area contributed by atoms with E-state index >= 15 is 0 Å². The minimum absolute atomic E-state index is 0.629. The van der Waals surface area contributed by atoms with E-state index in [0.717, 1.165) is 5.92 Å². The van der Waals surface area contributed by atoms with Crippen LogP contribution < -0.4 is 0 Å². The molecule has 1 aromatic carbocycles. The molecule has 0 bridgehead atoms. The maximum Gasteiger partial charge on any atom is 0.0720 e. The summed E-state index contributed by atoms with van der Waals surface area (Å²) in [6.07, 6.45) is 20.0. The van der Waals surface area contributed by atoms with Gasteiger partial charge in [0.25, 0.3) is 0 Å². The summed E-state index contributed by atoms with van der Waals surface area (Å²) in [6.45, 7) is 0. The Labute approximate surface area is 174 Å². The Hall–Kier alpha value is -0.550. The molecular formula is C24H36O3S. The van der Waals surface area contributed by atoms with Gasteiger partial charge in [0, 0.05) is 4.90 Å². The van der Waals surface area contributed by atoms with E-state index in [1.54, 1.807) is 5.56 Å². The maximum atomic E-state index is 8.85. The molecule has 4 heteroatoms. The van der Waals surface area contributed by atoms with Crippen LogP contribution in [0.5, 0.6) is 0 Å². The molecule has 4 rings (SSSR count). The Kier molecular flexibility index (Phi) is 7.75. The van der Waals surface area contributed by atoms with Crippen LogP contribution in [0.2, 0.25) is 0 Å². The lowest BCUT2D eigenvalue weighted by Crippen LogP contribution is -2.14. The van der Waals surface area contributed by atoms with Gasteiger partial charge in [-0.2, -0.15) is 0 Å². The maximum absolute atomic E-state index is 8.85. The molecule has 3 fully saturated rings. The van der Waals surface area contributed by atoms with Crippen molar-refractivity contribution in [1.82, 2.24) is 0 Å². The van der Waals surface area contributed by atoms with Crippen LogP contribution in [0, 0.1) is 0 Å². The smallest absolute Gasteiger partial charge is 0.0720 e. The lowest BCUT2D eigenvalue weighted by atomic mass is 9.76. The summed E-state index contributed by atoms with van der Waals surface area (Å²) in [5.41, 5.74) is 4.53. The molecule has 0 saturated heterocycles. The van der Waals surface area contributed by atoms with Crippen molar-refractivity contribution in [2.75, 3.05) is 0 Å². The topological polar surface area (TPSA) is 38.7 Å². The Morgan fingerprint density at radius 3 is 1.50 bits per heavy atom. The van der Waals surface area contributed by atoms with Crippen molar-refractivity contribution in [2.45, 2.75) is 119 Å². The molecule has 0 aromatic heterocycles. The van der Waals surface area contributed by atoms with Crippen molar-refractivity contribution in [3.63, 3.8) is 0 Å². The van der Waals surface area contributed by atoms with E-state index < -0.39 is 0 Å². The zero-order chi connectivity index (χ0) is 19.2. The Balaban J connectivity index is 1.74. The van der Waals surface area contributed by atoms with E-state index in [0.29, 0.717) is 11.8 Å². The molecule has 0 radical (unpaired) electrons. The summed E-state index contributed by atoms with van der Waals surface area (Å²) >= 11 is 1.24. The van der Waals surface area contributed by atoms with Gasteiger partial charge >= 0.3 is 0 Å². The Morgan fingerprint density at radius 2 is 1.07 bits per heavy atom. The normalized spacial score (nSPS) is 23.2. The van der Waals surface area contributed by atoms with Crippen molar-refractivity contribution in [3.8, 4) is 0 Å². The quantitative estimate of drug-likeness (QED) is 0.294. The molecule has 0 unspecified atom stereocenters. The summed E-state index contributed by atoms with van der Waals surface area (Å²) in [6, 6.07) is 5.03. The van der Waals surface area contributed by atoms with Crippen molar-refractivity contribution in [3.05, 3.63) is 28.8 Å². The summed E-state index contributed by atoms with van der Waals surface area (Å²) in [4.78, 5) is 1.24. The highest BCUT2D eigenvalue weighted by atomic mass is 32.2. The second-order valence-corrected chi connectivity index (χ2v) is 9.97. The number of hydrogen-bond acceptors (Lipinski definition) is 4. The summed E-state index contributed by atoms with van der Waals surface area (Å²) < 4.78 is 5.04. The largest absolute Gasteiger partial charge is 0.220 e. The molecule has 0 spiro atoms. The molecule has 1 aromatic rings. The average molecular weight is 405 g/mol. The van der Waals surface area contributed by atoms with Crippen LogP contribution in [0.3, 0.4) is 0 Å². The molecule has 156 valence electrons. The molecule has 28 heavy (non-hydrogen) atoms. The van der Waals surface area contributed by atoms with E-state index in [2.05, 4.69) is 17.2 Å². The van der Waals surface area contributed by atoms with Crippen molar-refractivity contribution in [2.24, 2.45) is 0 Å². The third-order valence-electron chi connectivity index (χ3n) is 7.48. The van der Waals surface area contributed by atoms with Gasteiger partial charge in [0.2, 0.25) is 0 Å². The van der Waals surface area contributed by atoms with Gasteiger partial charge in [-0.05, 0) is 73.0 Å². The van der Waals surface area contributed by atoms with Gasteiger partial charge < -0.3 is 0 Å². The number of benzene rings is 1. The predicted molar refractivity (Wildman–Crippen MR) is 115 cm³/mol. The van der Waals surface area contributed by atoms with Crippen LogP contribution in [0.1, 0.15) is 131 Å². The molecular weight excluding hydrogens is 368 g/mol. The average Bonchev–Trinajstić information content (AvgIpc) is 2.79. The van der Waals surface area contributed by atoms with Gasteiger partial charge in [-0.3, -0.25) is 0 Å². The standard InChI is InChI=1S/C24H36O3S/c25-26-27-28-24-22(19-12-6-2-7-13-19)16-21(18-10-4-1-5-11-18)17-23(24)20-14-8-3-9-15-20/h16-20,25H,1-15H2. The third kappa shape index (κ3) is 4.95. The fourth-order valence-electron chi connectivity index (χ4n) is 5.95. The van der Waals surface area contributed by atoms with Gasteiger partial charge in [-0.15, -0.1) is 4.33 Å². The number of hydrogen-bond donors (Lipinski definition) is 1. The first-order valence-corrected chi connectivity index (χ1v) is 12.4. The minimum Gasteiger partial charge on any atom is -0.220 e. The van der Waals surface area contributed by atoms with Gasteiger partial charge in [0.15, 0.2) is 0 Å². The first kappa shape index (κ1) is 20.7. The fraction of sp³-hybridized carbons (Fsp3) is 0.750. The molecule has 3 saturated carbocycles. The summed E-state index contributed by atoms with van der Waals surface area (Å²) in [5.74, 6) is 1.99. The monoisotopic (exact) mass is 404 g/mol. The second kappa shape index (κ2) is 10.5. The van der Waals surface area contributed by atoms with Gasteiger partial charge in [-0.1, -0.05) is 75.0 Å². The van der Waals surface area contributed by atoms with Crippen molar-refractivity contribution < 1.29 is 14.6 Å². The van der Waals surface area contributed by atoms with Crippen LogP contribution in [0.25, 0.3) is 0 Å². The van der Waals surface area contributed by atoms with E-state index in [4.69, 9.17) is 9.59 Å². The SMILES string of the molecule is OOOSc1c(C2CCCCC2)cc(C2CCCCC2)cc1C1CCCCC1. The third-order valence-corrected chi connectivity index (χ3v) is 8.25. The first-order valence-electron chi connectivity index (χ1n) is 11.7. The highest BCUT2D eigenvalue weighted by Gasteiger charge is 2.28. The van der Waals surface area contributed by atoms with Crippen molar-refractivity contribution >= 4 is 12.0 Å². The van der Waals surface area contributed by atoms with Crippen molar-refractivity contribution in [1.29, 1.82) is 0 Å². The molecule has 3 aliphatic carbocycles. The van der Waals surface area contributed by atoms with Gasteiger partial charge in [0.05, 0.1) is 12.0 Å². The van der Waals surface area contributed by atoms with Crippen LogP contribution in [0.15, 0.2) is 17.0 Å². The summed E-state index contributed by atoms with van der Waals surface area (Å²) in [7, 11) is 0. The zero-order valence-corrected chi connectivity index (χ0v) is 18.0. The number of rotatable bonds is 6. The molecule has 3 aliphatic rings. The van der Waals surface area contributed by atoms with Crippen LogP contribution >= 0.6 is 12.0 Å². The van der Waals surface area contributed by atoms with E-state index in [1.165, 1.54) is 124 Å². The lowest BCUT2D eigenvalue weighted by molar-refractivity contribution is -0.432. The Morgan fingerprint density at radius 1 is 0.643 bits per heavy atom. The fourth-order valence-corrected chi connectivity index (χ4v) is 6.69. The Bertz CT molecular complexity index is 575. The molecule has 1 N–H and O–H groups in total. The van der Waals surface area contributed by atoms with Crippen LogP contribution in [0.4, 0.5) is 0 Å². The summed E-state index contributed by atoms with van der Waals surface area (Å²) in [5, 5.41) is 12.9. The van der Waals surface area contributed by atoms with Gasteiger partial charge in [-0.25, -0.2) is 5.26 Å². The van der Waals surface area contributed by atoms with E-state index in [9.17, 15) is 0 Å². The molecule has 3 nitrogen and oxygen atoms in total. The molecule has 0 amide bonds. The highest BCUT2D eigenvalue weighted by Crippen LogP contribution is 2.47. The molecule has 0 aliphatic heterocycles. The van der Waals surface area contributed by atoms with E-state index in [1.807, 2.05) is 0 Å². The van der Waals surface area contributed by atoms with Crippen LogP contribution in [-0.4, -0.2) is 5.26 Å².